The first kappa shape index (κ1) is 18.3. The van der Waals surface area contributed by atoms with E-state index in [0.717, 1.165) is 27.6 Å². The number of nitrogens with one attached hydrogen (secondary N) is 1. The summed E-state index contributed by atoms with van der Waals surface area (Å²) in [4.78, 5) is 22.1. The molecule has 1 N–H and O–H groups in total. The number of thiazole rings is 1. The van der Waals surface area contributed by atoms with Gasteiger partial charge in [-0.2, -0.15) is 0 Å². The molecule has 2 aromatic carbocycles. The summed E-state index contributed by atoms with van der Waals surface area (Å²) in [6.07, 6.45) is 4.61. The molecule has 0 fully saturated rings. The molecule has 0 aliphatic carbocycles. The highest BCUT2D eigenvalue weighted by atomic mass is 32.1. The maximum atomic E-state index is 12.3. The lowest BCUT2D eigenvalue weighted by Gasteiger charge is -2.05. The standard InChI is InChI=1S/C23H21N3OS/c1-16-21(14-22(27)25-15-17-9-11-24-12-10-17)28-23(26-16)13-19-7-4-6-18-5-2-3-8-20(18)19/h2-12H,13-15H2,1H3,(H,25,27). The first-order chi connectivity index (χ1) is 13.7. The predicted octanol–water partition coefficient (Wildman–Crippen LogP) is 4.45. The number of carbonyl (C=O) groups excluding carboxylic acids is 1. The number of aryl methyl sites for hydroxylation is 1. The van der Waals surface area contributed by atoms with Crippen molar-refractivity contribution in [3.05, 3.63) is 93.7 Å². The molecule has 5 heteroatoms. The van der Waals surface area contributed by atoms with E-state index < -0.39 is 0 Å². The summed E-state index contributed by atoms with van der Waals surface area (Å²) in [5.41, 5.74) is 3.25. The molecular weight excluding hydrogens is 366 g/mol. The third-order valence-electron chi connectivity index (χ3n) is 4.72. The zero-order valence-corrected chi connectivity index (χ0v) is 16.5. The average Bonchev–Trinajstić information content (AvgIpc) is 3.06. The highest BCUT2D eigenvalue weighted by Gasteiger charge is 2.13. The Labute approximate surface area is 168 Å². The van der Waals surface area contributed by atoms with E-state index in [0.29, 0.717) is 13.0 Å². The molecular formula is C23H21N3OS. The molecule has 1 amide bonds. The number of nitrogens with zero attached hydrogens (tertiary/aromatic N) is 2. The molecule has 0 unspecified atom stereocenters. The van der Waals surface area contributed by atoms with Gasteiger partial charge in [0.2, 0.25) is 5.91 Å². The third-order valence-corrected chi connectivity index (χ3v) is 5.88. The molecule has 28 heavy (non-hydrogen) atoms. The Balaban J connectivity index is 1.44. The summed E-state index contributed by atoms with van der Waals surface area (Å²) in [5.74, 6) is 0.0141. The SMILES string of the molecule is Cc1nc(Cc2cccc3ccccc23)sc1CC(=O)NCc1ccncc1. The molecule has 0 bridgehead atoms. The van der Waals surface area contributed by atoms with Gasteiger partial charge in [0, 0.05) is 30.2 Å². The molecule has 0 spiro atoms. The molecule has 0 atom stereocenters. The maximum Gasteiger partial charge on any atom is 0.225 e. The van der Waals surface area contributed by atoms with Crippen molar-refractivity contribution in [3.63, 3.8) is 0 Å². The van der Waals surface area contributed by atoms with Gasteiger partial charge >= 0.3 is 0 Å². The maximum absolute atomic E-state index is 12.3. The van der Waals surface area contributed by atoms with Crippen LogP contribution in [-0.4, -0.2) is 15.9 Å². The first-order valence-corrected chi connectivity index (χ1v) is 10.1. The van der Waals surface area contributed by atoms with Crippen LogP contribution in [0.15, 0.2) is 67.0 Å². The molecule has 0 aliphatic rings. The Hall–Kier alpha value is -3.05. The Kier molecular flexibility index (Phi) is 5.44. The van der Waals surface area contributed by atoms with E-state index in [1.165, 1.54) is 16.3 Å². The fourth-order valence-corrected chi connectivity index (χ4v) is 4.34. The zero-order chi connectivity index (χ0) is 19.3. The molecule has 4 aromatic rings. The summed E-state index contributed by atoms with van der Waals surface area (Å²) in [5, 5.41) is 6.52. The van der Waals surface area contributed by atoms with Crippen LogP contribution in [0.2, 0.25) is 0 Å². The average molecular weight is 388 g/mol. The van der Waals surface area contributed by atoms with E-state index in [4.69, 9.17) is 4.98 Å². The van der Waals surface area contributed by atoms with Gasteiger partial charge in [0.05, 0.1) is 17.1 Å². The minimum Gasteiger partial charge on any atom is -0.352 e. The fourth-order valence-electron chi connectivity index (χ4n) is 3.25. The molecule has 0 radical (unpaired) electrons. The lowest BCUT2D eigenvalue weighted by Crippen LogP contribution is -2.24. The Morgan fingerprint density at radius 3 is 2.68 bits per heavy atom. The fraction of sp³-hybridized carbons (Fsp3) is 0.174. The number of carbonyl (C=O) groups is 1. The number of pyridine rings is 1. The Morgan fingerprint density at radius 2 is 1.82 bits per heavy atom. The predicted molar refractivity (Wildman–Crippen MR) is 113 cm³/mol. The molecule has 4 nitrogen and oxygen atoms in total. The van der Waals surface area contributed by atoms with Crippen molar-refractivity contribution in [3.8, 4) is 0 Å². The molecule has 0 saturated carbocycles. The van der Waals surface area contributed by atoms with Crippen molar-refractivity contribution in [2.24, 2.45) is 0 Å². The van der Waals surface area contributed by atoms with Gasteiger partial charge in [-0.1, -0.05) is 42.5 Å². The quantitative estimate of drug-likeness (QED) is 0.532. The number of hydrogen-bond acceptors (Lipinski definition) is 4. The van der Waals surface area contributed by atoms with Crippen molar-refractivity contribution >= 4 is 28.0 Å². The second-order valence-electron chi connectivity index (χ2n) is 6.74. The van der Waals surface area contributed by atoms with E-state index in [9.17, 15) is 4.79 Å². The zero-order valence-electron chi connectivity index (χ0n) is 15.7. The summed E-state index contributed by atoms with van der Waals surface area (Å²) in [7, 11) is 0. The van der Waals surface area contributed by atoms with E-state index >= 15 is 0 Å². The summed E-state index contributed by atoms with van der Waals surface area (Å²) in [6, 6.07) is 18.6. The summed E-state index contributed by atoms with van der Waals surface area (Å²) in [6.45, 7) is 2.50. The molecule has 0 saturated heterocycles. The molecule has 2 aromatic heterocycles. The number of amides is 1. The third kappa shape index (κ3) is 4.26. The van der Waals surface area contributed by atoms with Crippen LogP contribution in [0.1, 0.15) is 26.7 Å². The van der Waals surface area contributed by atoms with Gasteiger partial charge in [0.25, 0.3) is 0 Å². The largest absolute Gasteiger partial charge is 0.352 e. The summed E-state index contributed by atoms with van der Waals surface area (Å²) >= 11 is 1.63. The minimum atomic E-state index is 0.0141. The summed E-state index contributed by atoms with van der Waals surface area (Å²) < 4.78 is 0. The molecule has 140 valence electrons. The van der Waals surface area contributed by atoms with Gasteiger partial charge in [-0.3, -0.25) is 9.78 Å². The second kappa shape index (κ2) is 8.31. The van der Waals surface area contributed by atoms with Crippen LogP contribution in [0.25, 0.3) is 10.8 Å². The number of benzene rings is 2. The molecule has 4 rings (SSSR count). The van der Waals surface area contributed by atoms with Crippen LogP contribution in [-0.2, 0) is 24.2 Å². The van der Waals surface area contributed by atoms with Gasteiger partial charge in [-0.25, -0.2) is 4.98 Å². The van der Waals surface area contributed by atoms with Gasteiger partial charge in [0.15, 0.2) is 0 Å². The lowest BCUT2D eigenvalue weighted by molar-refractivity contribution is -0.120. The monoisotopic (exact) mass is 387 g/mol. The van der Waals surface area contributed by atoms with E-state index in [1.807, 2.05) is 19.1 Å². The first-order valence-electron chi connectivity index (χ1n) is 9.26. The van der Waals surface area contributed by atoms with Crippen LogP contribution in [0, 0.1) is 6.92 Å². The molecule has 0 aliphatic heterocycles. The number of rotatable bonds is 6. The van der Waals surface area contributed by atoms with Crippen LogP contribution in [0.4, 0.5) is 0 Å². The van der Waals surface area contributed by atoms with E-state index in [-0.39, 0.29) is 5.91 Å². The number of hydrogen-bond donors (Lipinski definition) is 1. The highest BCUT2D eigenvalue weighted by molar-refractivity contribution is 7.11. The van der Waals surface area contributed by atoms with Gasteiger partial charge < -0.3 is 5.32 Å². The highest BCUT2D eigenvalue weighted by Crippen LogP contribution is 2.25. The van der Waals surface area contributed by atoms with Gasteiger partial charge in [-0.05, 0) is 41.0 Å². The smallest absolute Gasteiger partial charge is 0.225 e. The Morgan fingerprint density at radius 1 is 1.04 bits per heavy atom. The van der Waals surface area contributed by atoms with Crippen molar-refractivity contribution in [2.75, 3.05) is 0 Å². The van der Waals surface area contributed by atoms with Gasteiger partial charge in [-0.15, -0.1) is 11.3 Å². The van der Waals surface area contributed by atoms with Crippen LogP contribution in [0.3, 0.4) is 0 Å². The van der Waals surface area contributed by atoms with E-state index in [2.05, 4.69) is 52.8 Å². The van der Waals surface area contributed by atoms with Crippen LogP contribution in [0.5, 0.6) is 0 Å². The van der Waals surface area contributed by atoms with Crippen molar-refractivity contribution in [1.29, 1.82) is 0 Å². The van der Waals surface area contributed by atoms with Crippen molar-refractivity contribution in [2.45, 2.75) is 26.3 Å². The topological polar surface area (TPSA) is 54.9 Å². The van der Waals surface area contributed by atoms with Gasteiger partial charge in [0.1, 0.15) is 0 Å². The minimum absolute atomic E-state index is 0.0141. The molecule has 2 heterocycles. The van der Waals surface area contributed by atoms with Crippen LogP contribution < -0.4 is 5.32 Å². The number of fused-ring (bicyclic) bond motifs is 1. The second-order valence-corrected chi connectivity index (χ2v) is 7.91. The van der Waals surface area contributed by atoms with E-state index in [1.54, 1.807) is 23.7 Å². The number of aromatic nitrogens is 2. The lowest BCUT2D eigenvalue weighted by atomic mass is 10.0. The Bertz CT molecular complexity index is 1100. The van der Waals surface area contributed by atoms with Crippen LogP contribution >= 0.6 is 11.3 Å². The normalized spacial score (nSPS) is 10.9. The van der Waals surface area contributed by atoms with Crippen molar-refractivity contribution < 1.29 is 4.79 Å². The van der Waals surface area contributed by atoms with Crippen molar-refractivity contribution in [1.82, 2.24) is 15.3 Å².